The number of nitrogens with zero attached hydrogens (tertiary/aromatic N) is 5. The van der Waals surface area contributed by atoms with E-state index >= 15 is 0 Å². The van der Waals surface area contributed by atoms with Crippen molar-refractivity contribution in [1.82, 2.24) is 19.9 Å². The topological polar surface area (TPSA) is 58.3 Å². The maximum absolute atomic E-state index is 5.56. The average Bonchev–Trinajstić information content (AvgIpc) is 3.41. The van der Waals surface area contributed by atoms with Crippen molar-refractivity contribution in [3.63, 3.8) is 0 Å². The van der Waals surface area contributed by atoms with Gasteiger partial charge in [0.2, 0.25) is 0 Å². The lowest BCUT2D eigenvalue weighted by molar-refractivity contribution is 0.244. The zero-order valence-corrected chi connectivity index (χ0v) is 16.6. The smallest absolute Gasteiger partial charge is 0.189 e. The lowest BCUT2D eigenvalue weighted by Gasteiger charge is -2.35. The van der Waals surface area contributed by atoms with Gasteiger partial charge in [0.05, 0.1) is 11.4 Å². The Hall–Kier alpha value is -1.60. The molecule has 2 aliphatic rings. The normalized spacial score (nSPS) is 18.7. The summed E-state index contributed by atoms with van der Waals surface area (Å²) < 4.78 is 5.56. The second-order valence-corrected chi connectivity index (χ2v) is 8.27. The molecule has 1 aliphatic carbocycles. The van der Waals surface area contributed by atoms with Crippen molar-refractivity contribution in [1.29, 1.82) is 0 Å². The standard InChI is InChI=1S/C19H27N5OS/c1-13(2)18-16(20-12-25-18)11-23-6-8-24(9-7-23)17-10-15(14-4-5-14)21-19(22-17)26-3/h10,12-14H,4-9,11H2,1-3H3. The number of hydrogen-bond acceptors (Lipinski definition) is 7. The highest BCUT2D eigenvalue weighted by Crippen LogP contribution is 2.40. The first kappa shape index (κ1) is 17.8. The molecule has 0 radical (unpaired) electrons. The molecule has 6 nitrogen and oxygen atoms in total. The summed E-state index contributed by atoms with van der Waals surface area (Å²) in [7, 11) is 0. The van der Waals surface area contributed by atoms with Gasteiger partial charge in [-0.3, -0.25) is 4.90 Å². The van der Waals surface area contributed by atoms with Gasteiger partial charge in [-0.2, -0.15) is 0 Å². The minimum Gasteiger partial charge on any atom is -0.448 e. The third-order valence-electron chi connectivity index (χ3n) is 5.16. The van der Waals surface area contributed by atoms with Gasteiger partial charge in [-0.15, -0.1) is 0 Å². The number of thioether (sulfide) groups is 1. The molecule has 2 fully saturated rings. The lowest BCUT2D eigenvalue weighted by Crippen LogP contribution is -2.46. The zero-order valence-electron chi connectivity index (χ0n) is 15.8. The number of anilines is 1. The Morgan fingerprint density at radius 3 is 2.62 bits per heavy atom. The Kier molecular flexibility index (Phi) is 5.18. The fraction of sp³-hybridized carbons (Fsp3) is 0.632. The Morgan fingerprint density at radius 2 is 1.96 bits per heavy atom. The summed E-state index contributed by atoms with van der Waals surface area (Å²) in [6.45, 7) is 9.18. The monoisotopic (exact) mass is 373 g/mol. The summed E-state index contributed by atoms with van der Waals surface area (Å²) in [5, 5.41) is 0.899. The summed E-state index contributed by atoms with van der Waals surface area (Å²) in [6.07, 6.45) is 6.17. The van der Waals surface area contributed by atoms with Gasteiger partial charge in [0.1, 0.15) is 11.6 Å². The maximum Gasteiger partial charge on any atom is 0.189 e. The predicted molar refractivity (Wildman–Crippen MR) is 104 cm³/mol. The van der Waals surface area contributed by atoms with Crippen LogP contribution in [-0.2, 0) is 6.54 Å². The fourth-order valence-corrected chi connectivity index (χ4v) is 3.87. The molecule has 1 saturated heterocycles. The van der Waals surface area contributed by atoms with Gasteiger partial charge in [0, 0.05) is 50.6 Å². The molecule has 7 heteroatoms. The van der Waals surface area contributed by atoms with E-state index in [2.05, 4.69) is 41.0 Å². The van der Waals surface area contributed by atoms with E-state index < -0.39 is 0 Å². The highest BCUT2D eigenvalue weighted by Gasteiger charge is 2.28. The van der Waals surface area contributed by atoms with Crippen molar-refractivity contribution >= 4 is 17.6 Å². The van der Waals surface area contributed by atoms with Crippen molar-refractivity contribution in [2.75, 3.05) is 37.3 Å². The second kappa shape index (κ2) is 7.56. The molecule has 0 amide bonds. The van der Waals surface area contributed by atoms with Gasteiger partial charge < -0.3 is 9.32 Å². The number of hydrogen-bond donors (Lipinski definition) is 0. The summed E-state index contributed by atoms with van der Waals surface area (Å²) in [5.74, 6) is 3.14. The van der Waals surface area contributed by atoms with E-state index in [-0.39, 0.29) is 0 Å². The van der Waals surface area contributed by atoms with Crippen LogP contribution in [0.2, 0.25) is 0 Å². The van der Waals surface area contributed by atoms with E-state index in [0.29, 0.717) is 11.8 Å². The van der Waals surface area contributed by atoms with Gasteiger partial charge >= 0.3 is 0 Å². The highest BCUT2D eigenvalue weighted by molar-refractivity contribution is 7.98. The zero-order chi connectivity index (χ0) is 18.1. The fourth-order valence-electron chi connectivity index (χ4n) is 3.49. The minimum absolute atomic E-state index is 0.376. The van der Waals surface area contributed by atoms with Crippen molar-refractivity contribution in [2.24, 2.45) is 0 Å². The van der Waals surface area contributed by atoms with Crippen molar-refractivity contribution < 1.29 is 4.42 Å². The van der Waals surface area contributed by atoms with Crippen molar-refractivity contribution in [3.8, 4) is 0 Å². The first-order valence-electron chi connectivity index (χ1n) is 9.46. The quantitative estimate of drug-likeness (QED) is 0.567. The summed E-state index contributed by atoms with van der Waals surface area (Å²) in [6, 6.07) is 2.21. The molecule has 140 valence electrons. The Balaban J connectivity index is 1.40. The molecule has 0 N–H and O–H groups in total. The first-order chi connectivity index (χ1) is 12.6. The Morgan fingerprint density at radius 1 is 1.19 bits per heavy atom. The third-order valence-corrected chi connectivity index (χ3v) is 5.70. The first-order valence-corrected chi connectivity index (χ1v) is 10.7. The number of rotatable bonds is 6. The van der Waals surface area contributed by atoms with Gasteiger partial charge in [-0.25, -0.2) is 15.0 Å². The van der Waals surface area contributed by atoms with E-state index in [0.717, 1.165) is 55.2 Å². The van der Waals surface area contributed by atoms with Crippen molar-refractivity contribution in [2.45, 2.75) is 50.2 Å². The molecule has 0 unspecified atom stereocenters. The Labute approximate surface area is 159 Å². The molecule has 4 rings (SSSR count). The van der Waals surface area contributed by atoms with Crippen molar-refractivity contribution in [3.05, 3.63) is 29.6 Å². The molecule has 3 heterocycles. The molecule has 0 aromatic carbocycles. The van der Waals surface area contributed by atoms with Crippen LogP contribution >= 0.6 is 11.8 Å². The molecule has 0 atom stereocenters. The van der Waals surface area contributed by atoms with Crippen LogP contribution in [0.5, 0.6) is 0 Å². The summed E-state index contributed by atoms with van der Waals surface area (Å²) in [5.41, 5.74) is 2.31. The van der Waals surface area contributed by atoms with Crippen LogP contribution in [0.15, 0.2) is 22.0 Å². The molecule has 26 heavy (non-hydrogen) atoms. The van der Waals surface area contributed by atoms with E-state index in [4.69, 9.17) is 14.4 Å². The molecule has 2 aromatic rings. The van der Waals surface area contributed by atoms with Crippen LogP contribution in [-0.4, -0.2) is 52.3 Å². The van der Waals surface area contributed by atoms with Gasteiger partial charge in [-0.1, -0.05) is 25.6 Å². The van der Waals surface area contributed by atoms with E-state index in [1.807, 2.05) is 0 Å². The van der Waals surface area contributed by atoms with Crippen LogP contribution in [0.1, 0.15) is 55.7 Å². The van der Waals surface area contributed by atoms with Gasteiger partial charge in [0.15, 0.2) is 11.6 Å². The minimum atomic E-state index is 0.376. The maximum atomic E-state index is 5.56. The molecular weight excluding hydrogens is 346 g/mol. The largest absolute Gasteiger partial charge is 0.448 e. The van der Waals surface area contributed by atoms with Crippen LogP contribution in [0.3, 0.4) is 0 Å². The van der Waals surface area contributed by atoms with E-state index in [1.54, 1.807) is 18.2 Å². The molecule has 2 aromatic heterocycles. The number of aromatic nitrogens is 3. The van der Waals surface area contributed by atoms with Gasteiger partial charge in [0.25, 0.3) is 0 Å². The van der Waals surface area contributed by atoms with E-state index in [9.17, 15) is 0 Å². The average molecular weight is 374 g/mol. The number of piperazine rings is 1. The summed E-state index contributed by atoms with van der Waals surface area (Å²) in [4.78, 5) is 18.7. The highest BCUT2D eigenvalue weighted by atomic mass is 32.2. The third kappa shape index (κ3) is 3.88. The van der Waals surface area contributed by atoms with Gasteiger partial charge in [-0.05, 0) is 19.1 Å². The Bertz CT molecular complexity index is 750. The summed E-state index contributed by atoms with van der Waals surface area (Å²) >= 11 is 1.64. The SMILES string of the molecule is CSc1nc(C2CC2)cc(N2CCN(Cc3ncoc3C(C)C)CC2)n1. The lowest BCUT2D eigenvalue weighted by atomic mass is 10.1. The molecule has 1 saturated carbocycles. The molecule has 1 aliphatic heterocycles. The molecular formula is C19H27N5OS. The van der Waals surface area contributed by atoms with Crippen LogP contribution < -0.4 is 4.90 Å². The van der Waals surface area contributed by atoms with E-state index in [1.165, 1.54) is 18.5 Å². The number of oxazole rings is 1. The molecule has 0 spiro atoms. The van der Waals surface area contributed by atoms with Crippen LogP contribution in [0.25, 0.3) is 0 Å². The van der Waals surface area contributed by atoms with Crippen LogP contribution in [0.4, 0.5) is 5.82 Å². The predicted octanol–water partition coefficient (Wildman–Crippen LogP) is 3.51. The molecule has 0 bridgehead atoms. The second-order valence-electron chi connectivity index (χ2n) is 7.49. The van der Waals surface area contributed by atoms with Crippen LogP contribution in [0, 0.1) is 0 Å².